The fraction of sp³-hybridized carbons (Fsp3) is 0.217. The van der Waals surface area contributed by atoms with Crippen molar-refractivity contribution in [1.82, 2.24) is 24.6 Å². The van der Waals surface area contributed by atoms with Crippen LogP contribution in [0.2, 0.25) is 5.02 Å². The molecule has 0 saturated heterocycles. The summed E-state index contributed by atoms with van der Waals surface area (Å²) in [5.41, 5.74) is 3.45. The Kier molecular flexibility index (Phi) is 6.08. The van der Waals surface area contributed by atoms with E-state index in [1.54, 1.807) is 0 Å². The third-order valence-corrected chi connectivity index (χ3v) is 5.41. The van der Waals surface area contributed by atoms with Gasteiger partial charge in [-0.2, -0.15) is 5.10 Å². The van der Waals surface area contributed by atoms with Gasteiger partial charge in [0, 0.05) is 55.2 Å². The second kappa shape index (κ2) is 9.07. The monoisotopic (exact) mass is 405 g/mol. The minimum atomic E-state index is 0.171. The Balaban J connectivity index is 1.44. The lowest BCUT2D eigenvalue weighted by Crippen LogP contribution is -2.24. The summed E-state index contributed by atoms with van der Waals surface area (Å²) in [7, 11) is 2.03. The van der Waals surface area contributed by atoms with Crippen LogP contribution in [0.1, 0.15) is 28.6 Å². The lowest BCUT2D eigenvalue weighted by Gasteiger charge is -2.19. The van der Waals surface area contributed by atoms with Crippen molar-refractivity contribution in [1.29, 1.82) is 0 Å². The molecule has 0 spiro atoms. The molecule has 5 nitrogen and oxygen atoms in total. The highest BCUT2D eigenvalue weighted by Crippen LogP contribution is 2.19. The molecule has 0 fully saturated rings. The zero-order chi connectivity index (χ0) is 20.1. The third kappa shape index (κ3) is 4.94. The van der Waals surface area contributed by atoms with E-state index in [2.05, 4.69) is 50.4 Å². The van der Waals surface area contributed by atoms with Gasteiger partial charge in [-0.25, -0.2) is 4.98 Å². The largest absolute Gasteiger partial charge is 0.338 e. The summed E-state index contributed by atoms with van der Waals surface area (Å²) in [4.78, 5) is 4.49. The van der Waals surface area contributed by atoms with E-state index in [4.69, 9.17) is 11.6 Å². The number of halogens is 1. The highest BCUT2D eigenvalue weighted by Gasteiger charge is 2.15. The van der Waals surface area contributed by atoms with Crippen molar-refractivity contribution >= 4 is 11.6 Å². The Morgan fingerprint density at radius 1 is 1.07 bits per heavy atom. The first-order valence-electron chi connectivity index (χ1n) is 9.68. The van der Waals surface area contributed by atoms with E-state index in [1.165, 1.54) is 5.56 Å². The van der Waals surface area contributed by atoms with Crippen LogP contribution in [0.25, 0.3) is 0 Å². The van der Waals surface area contributed by atoms with Gasteiger partial charge in [0.05, 0.1) is 12.7 Å². The summed E-state index contributed by atoms with van der Waals surface area (Å²) in [5.74, 6) is 1.06. The molecule has 1 unspecified atom stereocenters. The summed E-state index contributed by atoms with van der Waals surface area (Å²) < 4.78 is 3.99. The molecule has 29 heavy (non-hydrogen) atoms. The van der Waals surface area contributed by atoms with Crippen molar-refractivity contribution in [3.63, 3.8) is 0 Å². The fourth-order valence-corrected chi connectivity index (χ4v) is 3.59. The van der Waals surface area contributed by atoms with E-state index in [-0.39, 0.29) is 6.04 Å². The van der Waals surface area contributed by atoms with Crippen LogP contribution in [0.3, 0.4) is 0 Å². The predicted octanol–water partition coefficient (Wildman–Crippen LogP) is 4.39. The molecule has 1 atom stereocenters. The summed E-state index contributed by atoms with van der Waals surface area (Å²) in [6.07, 6.45) is 8.62. The van der Waals surface area contributed by atoms with Crippen LogP contribution in [-0.4, -0.2) is 19.3 Å². The smallest absolute Gasteiger partial charge is 0.110 e. The van der Waals surface area contributed by atoms with E-state index < -0.39 is 0 Å². The molecule has 148 valence electrons. The Bertz CT molecular complexity index is 1050. The lowest BCUT2D eigenvalue weighted by molar-refractivity contribution is 0.512. The predicted molar refractivity (Wildman–Crippen MR) is 116 cm³/mol. The average molecular weight is 406 g/mol. The summed E-state index contributed by atoms with van der Waals surface area (Å²) in [6.45, 7) is 1.39. The molecule has 0 radical (unpaired) electrons. The Labute approximate surface area is 176 Å². The van der Waals surface area contributed by atoms with Crippen LogP contribution in [-0.2, 0) is 26.6 Å². The number of hydrogen-bond donors (Lipinski definition) is 1. The molecule has 6 heteroatoms. The topological polar surface area (TPSA) is 47.7 Å². The van der Waals surface area contributed by atoms with Gasteiger partial charge in [0.15, 0.2) is 0 Å². The third-order valence-electron chi connectivity index (χ3n) is 5.04. The van der Waals surface area contributed by atoms with Crippen LogP contribution in [0.4, 0.5) is 0 Å². The van der Waals surface area contributed by atoms with Gasteiger partial charge < -0.3 is 9.88 Å². The standard InChI is InChI=1S/C23H24ClN5/c1-28-12-11-25-23(28)13-22(19-7-3-2-4-8-19)26-14-18-15-27-29(16-18)17-20-9-5-6-10-21(20)24/h2-12,15-16,22,26H,13-14,17H2,1H3. The Hall–Kier alpha value is -2.89. The molecule has 0 bridgehead atoms. The van der Waals surface area contributed by atoms with Gasteiger partial charge >= 0.3 is 0 Å². The molecule has 2 aromatic heterocycles. The number of hydrogen-bond acceptors (Lipinski definition) is 3. The maximum absolute atomic E-state index is 6.27. The maximum atomic E-state index is 6.27. The molecule has 2 aromatic carbocycles. The lowest BCUT2D eigenvalue weighted by atomic mass is 10.0. The Morgan fingerprint density at radius 3 is 2.62 bits per heavy atom. The van der Waals surface area contributed by atoms with E-state index in [9.17, 15) is 0 Å². The van der Waals surface area contributed by atoms with Crippen molar-refractivity contribution < 1.29 is 0 Å². The molecular formula is C23H24ClN5. The van der Waals surface area contributed by atoms with Crippen molar-refractivity contribution in [3.05, 3.63) is 107 Å². The second-order valence-electron chi connectivity index (χ2n) is 7.14. The highest BCUT2D eigenvalue weighted by atomic mass is 35.5. The minimum absolute atomic E-state index is 0.171. The number of imidazole rings is 1. The van der Waals surface area contributed by atoms with Crippen LogP contribution in [0.15, 0.2) is 79.4 Å². The molecule has 2 heterocycles. The molecule has 0 aliphatic rings. The zero-order valence-electron chi connectivity index (χ0n) is 16.4. The number of aromatic nitrogens is 4. The average Bonchev–Trinajstić information content (AvgIpc) is 3.36. The van der Waals surface area contributed by atoms with Crippen LogP contribution >= 0.6 is 11.6 Å². The van der Waals surface area contributed by atoms with Crippen molar-refractivity contribution in [2.45, 2.75) is 25.6 Å². The number of nitrogens with one attached hydrogen (secondary N) is 1. The van der Waals surface area contributed by atoms with Crippen LogP contribution in [0.5, 0.6) is 0 Å². The normalized spacial score (nSPS) is 12.2. The molecule has 4 aromatic rings. The maximum Gasteiger partial charge on any atom is 0.110 e. The summed E-state index contributed by atoms with van der Waals surface area (Å²) in [6, 6.07) is 18.5. The van der Waals surface area contributed by atoms with E-state index >= 15 is 0 Å². The van der Waals surface area contributed by atoms with E-state index in [1.807, 2.05) is 60.7 Å². The summed E-state index contributed by atoms with van der Waals surface area (Å²) >= 11 is 6.27. The first-order valence-corrected chi connectivity index (χ1v) is 10.1. The van der Waals surface area contributed by atoms with Crippen molar-refractivity contribution in [2.75, 3.05) is 0 Å². The first-order chi connectivity index (χ1) is 14.2. The van der Waals surface area contributed by atoms with Gasteiger partial charge in [0.2, 0.25) is 0 Å². The number of rotatable bonds is 8. The van der Waals surface area contributed by atoms with Gasteiger partial charge in [0.1, 0.15) is 5.82 Å². The molecule has 0 saturated carbocycles. The second-order valence-corrected chi connectivity index (χ2v) is 7.55. The highest BCUT2D eigenvalue weighted by molar-refractivity contribution is 6.31. The number of aryl methyl sites for hydroxylation is 1. The van der Waals surface area contributed by atoms with Gasteiger partial charge in [0.25, 0.3) is 0 Å². The van der Waals surface area contributed by atoms with Crippen molar-refractivity contribution in [3.8, 4) is 0 Å². The van der Waals surface area contributed by atoms with Gasteiger partial charge in [-0.05, 0) is 17.2 Å². The van der Waals surface area contributed by atoms with Gasteiger partial charge in [-0.1, -0.05) is 60.1 Å². The number of benzene rings is 2. The van der Waals surface area contributed by atoms with Crippen LogP contribution < -0.4 is 5.32 Å². The molecule has 0 amide bonds. The van der Waals surface area contributed by atoms with Crippen LogP contribution in [0, 0.1) is 0 Å². The van der Waals surface area contributed by atoms with E-state index in [0.29, 0.717) is 6.54 Å². The Morgan fingerprint density at radius 2 is 1.86 bits per heavy atom. The fourth-order valence-electron chi connectivity index (χ4n) is 3.40. The first kappa shape index (κ1) is 19.4. The quantitative estimate of drug-likeness (QED) is 0.473. The molecule has 0 aliphatic carbocycles. The van der Waals surface area contributed by atoms with Gasteiger partial charge in [-0.15, -0.1) is 0 Å². The van der Waals surface area contributed by atoms with E-state index in [0.717, 1.165) is 34.9 Å². The van der Waals surface area contributed by atoms with Gasteiger partial charge in [-0.3, -0.25) is 4.68 Å². The minimum Gasteiger partial charge on any atom is -0.338 e. The zero-order valence-corrected chi connectivity index (χ0v) is 17.1. The number of nitrogens with zero attached hydrogens (tertiary/aromatic N) is 4. The SMILES string of the molecule is Cn1ccnc1CC(NCc1cnn(Cc2ccccc2Cl)c1)c1ccccc1. The molecule has 0 aliphatic heterocycles. The molecule has 1 N–H and O–H groups in total. The molecular weight excluding hydrogens is 382 g/mol. The van der Waals surface area contributed by atoms with Crippen molar-refractivity contribution in [2.24, 2.45) is 7.05 Å². The summed E-state index contributed by atoms with van der Waals surface area (Å²) in [5, 5.41) is 8.93. The molecule has 4 rings (SSSR count).